The van der Waals surface area contributed by atoms with E-state index in [2.05, 4.69) is 20.0 Å². The summed E-state index contributed by atoms with van der Waals surface area (Å²) >= 11 is 0. The second-order valence-corrected chi connectivity index (χ2v) is 7.16. The van der Waals surface area contributed by atoms with Crippen molar-refractivity contribution >= 4 is 17.4 Å². The Labute approximate surface area is 169 Å². The summed E-state index contributed by atoms with van der Waals surface area (Å²) in [7, 11) is 0. The van der Waals surface area contributed by atoms with E-state index in [9.17, 15) is 4.79 Å². The summed E-state index contributed by atoms with van der Waals surface area (Å²) < 4.78 is 12.5. The standard InChI is InChI=1S/C21H25N5O3/c1-15-14-16(2)26-21(22-15)23-19(24-26)4-3-11-29-20(27)17-5-7-18(8-6-17)25-9-12-28-13-10-25/h5-8,14H,3-4,9-13H2,1-2H3. The zero-order chi connectivity index (χ0) is 20.2. The number of hydrogen-bond acceptors (Lipinski definition) is 7. The van der Waals surface area contributed by atoms with Crippen LogP contribution in [0.25, 0.3) is 5.78 Å². The molecule has 0 amide bonds. The van der Waals surface area contributed by atoms with E-state index in [4.69, 9.17) is 9.47 Å². The van der Waals surface area contributed by atoms with Gasteiger partial charge >= 0.3 is 5.97 Å². The number of morpholine rings is 1. The third-order valence-corrected chi connectivity index (χ3v) is 4.92. The van der Waals surface area contributed by atoms with Crippen LogP contribution in [0, 0.1) is 13.8 Å². The first-order valence-electron chi connectivity index (χ1n) is 9.90. The molecule has 3 heterocycles. The lowest BCUT2D eigenvalue weighted by atomic mass is 10.2. The van der Waals surface area contributed by atoms with Crippen LogP contribution in [-0.4, -0.2) is 58.5 Å². The van der Waals surface area contributed by atoms with E-state index in [1.165, 1.54) is 0 Å². The molecule has 0 unspecified atom stereocenters. The van der Waals surface area contributed by atoms with Gasteiger partial charge in [-0.1, -0.05) is 0 Å². The highest BCUT2D eigenvalue weighted by Gasteiger charge is 2.13. The van der Waals surface area contributed by atoms with E-state index >= 15 is 0 Å². The van der Waals surface area contributed by atoms with Gasteiger partial charge in [-0.15, -0.1) is 5.10 Å². The molecule has 1 aromatic carbocycles. The topological polar surface area (TPSA) is 81.9 Å². The van der Waals surface area contributed by atoms with E-state index in [1.54, 1.807) is 4.52 Å². The van der Waals surface area contributed by atoms with Crippen LogP contribution in [0.4, 0.5) is 5.69 Å². The number of carbonyl (C=O) groups is 1. The van der Waals surface area contributed by atoms with Crippen molar-refractivity contribution in [2.45, 2.75) is 26.7 Å². The molecule has 0 saturated carbocycles. The van der Waals surface area contributed by atoms with Crippen molar-refractivity contribution in [3.63, 3.8) is 0 Å². The number of esters is 1. The number of aromatic nitrogens is 4. The fourth-order valence-electron chi connectivity index (χ4n) is 3.42. The van der Waals surface area contributed by atoms with Crippen molar-refractivity contribution in [1.29, 1.82) is 0 Å². The first-order chi connectivity index (χ1) is 14.1. The minimum Gasteiger partial charge on any atom is -0.462 e. The summed E-state index contributed by atoms with van der Waals surface area (Å²) in [5.41, 5.74) is 3.57. The van der Waals surface area contributed by atoms with Crippen LogP contribution in [0.5, 0.6) is 0 Å². The van der Waals surface area contributed by atoms with Gasteiger partial charge in [-0.3, -0.25) is 0 Å². The van der Waals surface area contributed by atoms with Crippen LogP contribution >= 0.6 is 0 Å². The van der Waals surface area contributed by atoms with Crippen molar-refractivity contribution in [2.24, 2.45) is 0 Å². The fraction of sp³-hybridized carbons (Fsp3) is 0.429. The molecule has 8 heteroatoms. The summed E-state index contributed by atoms with van der Waals surface area (Å²) in [6.07, 6.45) is 1.29. The largest absolute Gasteiger partial charge is 0.462 e. The zero-order valence-corrected chi connectivity index (χ0v) is 16.8. The lowest BCUT2D eigenvalue weighted by Crippen LogP contribution is -2.36. The second-order valence-electron chi connectivity index (χ2n) is 7.16. The van der Waals surface area contributed by atoms with Gasteiger partial charge in [-0.25, -0.2) is 14.3 Å². The predicted octanol–water partition coefficient (Wildman–Crippen LogP) is 2.37. The third kappa shape index (κ3) is 4.54. The van der Waals surface area contributed by atoms with Crippen molar-refractivity contribution in [3.05, 3.63) is 53.1 Å². The highest BCUT2D eigenvalue weighted by Crippen LogP contribution is 2.17. The maximum absolute atomic E-state index is 12.3. The fourth-order valence-corrected chi connectivity index (χ4v) is 3.42. The molecule has 0 aliphatic carbocycles. The molecular weight excluding hydrogens is 370 g/mol. The molecule has 29 heavy (non-hydrogen) atoms. The molecule has 152 valence electrons. The van der Waals surface area contributed by atoms with E-state index in [0.717, 1.165) is 43.4 Å². The number of carbonyl (C=O) groups excluding carboxylic acids is 1. The molecule has 0 atom stereocenters. The van der Waals surface area contributed by atoms with E-state index in [-0.39, 0.29) is 5.97 Å². The molecule has 1 saturated heterocycles. The van der Waals surface area contributed by atoms with Crippen molar-refractivity contribution in [2.75, 3.05) is 37.8 Å². The molecule has 0 spiro atoms. The Hall–Kier alpha value is -3.00. The Morgan fingerprint density at radius 2 is 1.90 bits per heavy atom. The first kappa shape index (κ1) is 19.3. The molecule has 3 aromatic rings. The quantitative estimate of drug-likeness (QED) is 0.468. The van der Waals surface area contributed by atoms with Crippen LogP contribution < -0.4 is 4.90 Å². The van der Waals surface area contributed by atoms with Crippen molar-refractivity contribution < 1.29 is 14.3 Å². The molecule has 1 fully saturated rings. The average Bonchev–Trinajstić information content (AvgIpc) is 3.15. The first-order valence-corrected chi connectivity index (χ1v) is 9.90. The Bertz CT molecular complexity index is 993. The number of fused-ring (bicyclic) bond motifs is 1. The highest BCUT2D eigenvalue weighted by atomic mass is 16.5. The maximum Gasteiger partial charge on any atom is 0.338 e. The SMILES string of the molecule is Cc1cc(C)n2nc(CCCOC(=O)c3ccc(N4CCOCC4)cc3)nc2n1. The molecule has 0 bridgehead atoms. The molecule has 1 aliphatic heterocycles. The van der Waals surface area contributed by atoms with Gasteiger partial charge in [0.25, 0.3) is 5.78 Å². The molecule has 2 aromatic heterocycles. The summed E-state index contributed by atoms with van der Waals surface area (Å²) in [5.74, 6) is 1.00. The number of rotatable bonds is 6. The Morgan fingerprint density at radius 3 is 2.66 bits per heavy atom. The monoisotopic (exact) mass is 395 g/mol. The lowest BCUT2D eigenvalue weighted by Gasteiger charge is -2.28. The Balaban J connectivity index is 1.27. The number of hydrogen-bond donors (Lipinski definition) is 0. The van der Waals surface area contributed by atoms with Gasteiger partial charge in [0.1, 0.15) is 0 Å². The maximum atomic E-state index is 12.3. The summed E-state index contributed by atoms with van der Waals surface area (Å²) in [6, 6.07) is 9.51. The van der Waals surface area contributed by atoms with Gasteiger partial charge < -0.3 is 14.4 Å². The van der Waals surface area contributed by atoms with Crippen LogP contribution in [0.2, 0.25) is 0 Å². The van der Waals surface area contributed by atoms with Crippen LogP contribution in [-0.2, 0) is 15.9 Å². The van der Waals surface area contributed by atoms with Crippen LogP contribution in [0.15, 0.2) is 30.3 Å². The third-order valence-electron chi connectivity index (χ3n) is 4.92. The molecule has 8 nitrogen and oxygen atoms in total. The minimum atomic E-state index is -0.311. The molecular formula is C21H25N5O3. The number of aryl methyl sites for hydroxylation is 3. The summed E-state index contributed by atoms with van der Waals surface area (Å²) in [4.78, 5) is 23.4. The minimum absolute atomic E-state index is 0.311. The number of benzene rings is 1. The van der Waals surface area contributed by atoms with E-state index in [1.807, 2.05) is 44.2 Å². The van der Waals surface area contributed by atoms with Crippen LogP contribution in [0.3, 0.4) is 0 Å². The van der Waals surface area contributed by atoms with Gasteiger partial charge in [0.2, 0.25) is 0 Å². The average molecular weight is 395 g/mol. The predicted molar refractivity (Wildman–Crippen MR) is 108 cm³/mol. The van der Waals surface area contributed by atoms with Crippen molar-refractivity contribution in [3.8, 4) is 0 Å². The normalized spacial score (nSPS) is 14.3. The lowest BCUT2D eigenvalue weighted by molar-refractivity contribution is 0.0500. The summed E-state index contributed by atoms with van der Waals surface area (Å²) in [5, 5.41) is 4.47. The van der Waals surface area contributed by atoms with Crippen LogP contribution in [0.1, 0.15) is 34.0 Å². The van der Waals surface area contributed by atoms with Gasteiger partial charge in [0.15, 0.2) is 5.82 Å². The zero-order valence-electron chi connectivity index (χ0n) is 16.8. The number of anilines is 1. The molecule has 1 aliphatic rings. The van der Waals surface area contributed by atoms with Gasteiger partial charge in [-0.05, 0) is 50.6 Å². The van der Waals surface area contributed by atoms with Crippen molar-refractivity contribution in [1.82, 2.24) is 19.6 Å². The molecule has 0 radical (unpaired) electrons. The molecule has 0 N–H and O–H groups in total. The summed E-state index contributed by atoms with van der Waals surface area (Å²) in [6.45, 7) is 7.46. The van der Waals surface area contributed by atoms with E-state index in [0.29, 0.717) is 36.6 Å². The van der Waals surface area contributed by atoms with Gasteiger partial charge in [-0.2, -0.15) is 4.98 Å². The van der Waals surface area contributed by atoms with Gasteiger partial charge in [0, 0.05) is 36.6 Å². The Morgan fingerprint density at radius 1 is 1.14 bits per heavy atom. The number of ether oxygens (including phenoxy) is 2. The second kappa shape index (κ2) is 8.57. The molecule has 4 rings (SSSR count). The smallest absolute Gasteiger partial charge is 0.338 e. The Kier molecular flexibility index (Phi) is 5.71. The van der Waals surface area contributed by atoms with E-state index < -0.39 is 0 Å². The number of nitrogens with zero attached hydrogens (tertiary/aromatic N) is 5. The highest BCUT2D eigenvalue weighted by molar-refractivity contribution is 5.89. The van der Waals surface area contributed by atoms with Gasteiger partial charge in [0.05, 0.1) is 25.4 Å².